The molecule has 0 saturated carbocycles. The number of hydrogen-bond donors (Lipinski definition) is 2. The molecule has 0 bridgehead atoms. The highest BCUT2D eigenvalue weighted by Gasteiger charge is 2.18. The van der Waals surface area contributed by atoms with Gasteiger partial charge in [0.05, 0.1) is 6.04 Å². The Morgan fingerprint density at radius 3 is 2.68 bits per heavy atom. The third-order valence-corrected chi connectivity index (χ3v) is 2.84. The second kappa shape index (κ2) is 5.17. The van der Waals surface area contributed by atoms with Crippen molar-refractivity contribution in [2.24, 2.45) is 7.05 Å². The Labute approximate surface area is 110 Å². The average Bonchev–Trinajstić information content (AvgIpc) is 2.96. The van der Waals surface area contributed by atoms with E-state index in [1.165, 1.54) is 4.68 Å². The maximum absolute atomic E-state index is 12.0. The molecule has 8 heteroatoms. The van der Waals surface area contributed by atoms with Crippen molar-refractivity contribution in [1.29, 1.82) is 0 Å². The van der Waals surface area contributed by atoms with Crippen molar-refractivity contribution in [1.82, 2.24) is 35.7 Å². The summed E-state index contributed by atoms with van der Waals surface area (Å²) in [6.45, 7) is 5.88. The fraction of sp³-hybridized carbons (Fsp3) is 0.545. The molecule has 8 nitrogen and oxygen atoms in total. The summed E-state index contributed by atoms with van der Waals surface area (Å²) in [5.41, 5.74) is 1.30. The van der Waals surface area contributed by atoms with Gasteiger partial charge in [-0.15, -0.1) is 5.10 Å². The molecule has 2 heterocycles. The number of amides is 1. The predicted octanol–water partition coefficient (Wildman–Crippen LogP) is 0.548. The molecule has 2 rings (SSSR count). The maximum atomic E-state index is 12.0. The SMILES string of the molecule is CC(C)c1cc(C(=O)NC(C)c2nnnn2C)n[nH]1. The van der Waals surface area contributed by atoms with Gasteiger partial charge in [0.15, 0.2) is 5.82 Å². The summed E-state index contributed by atoms with van der Waals surface area (Å²) < 4.78 is 1.52. The monoisotopic (exact) mass is 263 g/mol. The van der Waals surface area contributed by atoms with Crippen LogP contribution in [0.2, 0.25) is 0 Å². The van der Waals surface area contributed by atoms with Crippen LogP contribution in [0.1, 0.15) is 54.7 Å². The van der Waals surface area contributed by atoms with Crippen LogP contribution < -0.4 is 5.32 Å². The van der Waals surface area contributed by atoms with Gasteiger partial charge < -0.3 is 5.32 Å². The minimum absolute atomic E-state index is 0.251. The maximum Gasteiger partial charge on any atom is 0.272 e. The van der Waals surface area contributed by atoms with Crippen LogP contribution in [-0.4, -0.2) is 36.3 Å². The van der Waals surface area contributed by atoms with Crippen molar-refractivity contribution >= 4 is 5.91 Å². The summed E-state index contributed by atoms with van der Waals surface area (Å²) in [6, 6.07) is 1.47. The number of carbonyl (C=O) groups is 1. The van der Waals surface area contributed by atoms with E-state index in [9.17, 15) is 4.79 Å². The van der Waals surface area contributed by atoms with Crippen molar-refractivity contribution in [3.8, 4) is 0 Å². The van der Waals surface area contributed by atoms with Crippen LogP contribution >= 0.6 is 0 Å². The summed E-state index contributed by atoms with van der Waals surface area (Å²) in [6.07, 6.45) is 0. The molecule has 19 heavy (non-hydrogen) atoms. The van der Waals surface area contributed by atoms with Gasteiger partial charge in [-0.25, -0.2) is 4.68 Å². The van der Waals surface area contributed by atoms with Gasteiger partial charge in [-0.2, -0.15) is 5.10 Å². The van der Waals surface area contributed by atoms with Gasteiger partial charge in [0.25, 0.3) is 5.91 Å². The number of carbonyl (C=O) groups excluding carboxylic acids is 1. The fourth-order valence-corrected chi connectivity index (χ4v) is 1.69. The van der Waals surface area contributed by atoms with Crippen LogP contribution in [0.3, 0.4) is 0 Å². The molecule has 0 aromatic carbocycles. The molecule has 0 fully saturated rings. The van der Waals surface area contributed by atoms with E-state index >= 15 is 0 Å². The van der Waals surface area contributed by atoms with Crippen LogP contribution in [0.5, 0.6) is 0 Å². The number of tetrazole rings is 1. The van der Waals surface area contributed by atoms with Crippen LogP contribution in [0.15, 0.2) is 6.07 Å². The van der Waals surface area contributed by atoms with E-state index in [1.54, 1.807) is 13.1 Å². The number of aromatic nitrogens is 6. The molecule has 0 spiro atoms. The molecule has 0 radical (unpaired) electrons. The Bertz CT molecular complexity index is 571. The Morgan fingerprint density at radius 2 is 2.16 bits per heavy atom. The van der Waals surface area contributed by atoms with E-state index < -0.39 is 0 Å². The lowest BCUT2D eigenvalue weighted by atomic mass is 10.1. The second-order valence-corrected chi connectivity index (χ2v) is 4.72. The first kappa shape index (κ1) is 13.2. The van der Waals surface area contributed by atoms with E-state index in [1.807, 2.05) is 20.8 Å². The minimum Gasteiger partial charge on any atom is -0.341 e. The molecule has 102 valence electrons. The topological polar surface area (TPSA) is 101 Å². The van der Waals surface area contributed by atoms with E-state index in [0.29, 0.717) is 17.4 Å². The Hall–Kier alpha value is -2.25. The second-order valence-electron chi connectivity index (χ2n) is 4.72. The summed E-state index contributed by atoms with van der Waals surface area (Å²) in [5.74, 6) is 0.640. The largest absolute Gasteiger partial charge is 0.341 e. The third kappa shape index (κ3) is 2.78. The zero-order valence-corrected chi connectivity index (χ0v) is 11.4. The number of hydrogen-bond acceptors (Lipinski definition) is 5. The van der Waals surface area contributed by atoms with Gasteiger partial charge in [-0.1, -0.05) is 13.8 Å². The van der Waals surface area contributed by atoms with Crippen molar-refractivity contribution < 1.29 is 4.79 Å². The van der Waals surface area contributed by atoms with Crippen molar-refractivity contribution in [3.63, 3.8) is 0 Å². The fourth-order valence-electron chi connectivity index (χ4n) is 1.69. The van der Waals surface area contributed by atoms with Crippen LogP contribution in [0.25, 0.3) is 0 Å². The molecule has 2 aromatic heterocycles. The summed E-state index contributed by atoms with van der Waals surface area (Å²) in [7, 11) is 1.73. The predicted molar refractivity (Wildman–Crippen MR) is 67.4 cm³/mol. The van der Waals surface area contributed by atoms with Crippen molar-refractivity contribution in [2.45, 2.75) is 32.7 Å². The lowest BCUT2D eigenvalue weighted by Crippen LogP contribution is -2.28. The molecule has 2 N–H and O–H groups in total. The number of rotatable bonds is 4. The standard InChI is InChI=1S/C11H17N7O/c1-6(2)8-5-9(14-13-8)11(19)12-7(3)10-15-16-17-18(10)4/h5-7H,1-4H3,(H,12,19)(H,13,14). The Kier molecular flexibility index (Phi) is 3.59. The van der Waals surface area contributed by atoms with E-state index in [4.69, 9.17) is 0 Å². The molecule has 0 saturated heterocycles. The summed E-state index contributed by atoms with van der Waals surface area (Å²) in [4.78, 5) is 12.0. The van der Waals surface area contributed by atoms with E-state index in [-0.39, 0.29) is 11.9 Å². The number of aryl methyl sites for hydroxylation is 1. The molecular formula is C11H17N7O. The van der Waals surface area contributed by atoms with Crippen molar-refractivity contribution in [3.05, 3.63) is 23.3 Å². The smallest absolute Gasteiger partial charge is 0.272 e. The molecule has 1 unspecified atom stereocenters. The van der Waals surface area contributed by atoms with Crippen molar-refractivity contribution in [2.75, 3.05) is 0 Å². The van der Waals surface area contributed by atoms with E-state index in [2.05, 4.69) is 31.0 Å². The minimum atomic E-state index is -0.285. The van der Waals surface area contributed by atoms with Gasteiger partial charge in [-0.3, -0.25) is 9.89 Å². The lowest BCUT2D eigenvalue weighted by Gasteiger charge is -2.10. The molecule has 0 aliphatic rings. The van der Waals surface area contributed by atoms with Gasteiger partial charge in [0.1, 0.15) is 5.69 Å². The average molecular weight is 263 g/mol. The number of nitrogens with zero attached hydrogens (tertiary/aromatic N) is 5. The molecule has 1 amide bonds. The van der Waals surface area contributed by atoms with Gasteiger partial charge in [-0.05, 0) is 29.3 Å². The highest BCUT2D eigenvalue weighted by molar-refractivity contribution is 5.92. The molecular weight excluding hydrogens is 246 g/mol. The van der Waals surface area contributed by atoms with Gasteiger partial charge >= 0.3 is 0 Å². The number of aromatic amines is 1. The first-order chi connectivity index (χ1) is 8.99. The number of nitrogens with one attached hydrogen (secondary N) is 2. The first-order valence-corrected chi connectivity index (χ1v) is 6.07. The zero-order chi connectivity index (χ0) is 14.0. The summed E-state index contributed by atoms with van der Waals surface area (Å²) in [5, 5.41) is 20.8. The lowest BCUT2D eigenvalue weighted by molar-refractivity contribution is 0.0932. The Balaban J connectivity index is 2.06. The third-order valence-electron chi connectivity index (χ3n) is 2.84. The Morgan fingerprint density at radius 1 is 1.42 bits per heavy atom. The molecule has 0 aliphatic heterocycles. The highest BCUT2D eigenvalue weighted by atomic mass is 16.2. The normalized spacial score (nSPS) is 12.7. The summed E-state index contributed by atoms with van der Waals surface area (Å²) >= 11 is 0. The highest BCUT2D eigenvalue weighted by Crippen LogP contribution is 2.13. The first-order valence-electron chi connectivity index (χ1n) is 6.07. The van der Waals surface area contributed by atoms with Crippen LogP contribution in [0, 0.1) is 0 Å². The van der Waals surface area contributed by atoms with Crippen LogP contribution in [-0.2, 0) is 7.05 Å². The van der Waals surface area contributed by atoms with E-state index in [0.717, 1.165) is 5.69 Å². The quantitative estimate of drug-likeness (QED) is 0.838. The van der Waals surface area contributed by atoms with Crippen LogP contribution in [0.4, 0.5) is 0 Å². The zero-order valence-electron chi connectivity index (χ0n) is 11.4. The van der Waals surface area contributed by atoms with Gasteiger partial charge in [0.2, 0.25) is 0 Å². The molecule has 1 atom stereocenters. The molecule has 2 aromatic rings. The number of H-pyrrole nitrogens is 1. The molecule has 0 aliphatic carbocycles. The van der Waals surface area contributed by atoms with Gasteiger partial charge in [0, 0.05) is 12.7 Å².